The van der Waals surface area contributed by atoms with E-state index in [0.29, 0.717) is 21.8 Å². The first-order valence-corrected chi connectivity index (χ1v) is 11.2. The predicted molar refractivity (Wildman–Crippen MR) is 122 cm³/mol. The van der Waals surface area contributed by atoms with Gasteiger partial charge in [-0.05, 0) is 43.7 Å². The molecule has 0 radical (unpaired) electrons. The van der Waals surface area contributed by atoms with E-state index in [0.717, 1.165) is 11.3 Å². The molecule has 0 aliphatic heterocycles. The van der Waals surface area contributed by atoms with Crippen LogP contribution in [-0.2, 0) is 16.1 Å². The first kappa shape index (κ1) is 22.6. The number of thioether (sulfide) groups is 1. The summed E-state index contributed by atoms with van der Waals surface area (Å²) in [7, 11) is 0. The average molecular weight is 459 g/mol. The van der Waals surface area contributed by atoms with Gasteiger partial charge in [0.15, 0.2) is 4.34 Å². The average Bonchev–Trinajstić information content (AvgIpc) is 3.20. The molecule has 0 aliphatic rings. The Morgan fingerprint density at radius 1 is 1.06 bits per heavy atom. The molecule has 1 atom stereocenters. The van der Waals surface area contributed by atoms with Crippen molar-refractivity contribution >= 4 is 45.9 Å². The maximum absolute atomic E-state index is 12.5. The van der Waals surface area contributed by atoms with Gasteiger partial charge >= 0.3 is 6.09 Å². The van der Waals surface area contributed by atoms with Crippen molar-refractivity contribution in [2.24, 2.45) is 0 Å². The van der Waals surface area contributed by atoms with Crippen molar-refractivity contribution in [3.63, 3.8) is 0 Å². The fourth-order valence-electron chi connectivity index (χ4n) is 2.39. The van der Waals surface area contributed by atoms with Gasteiger partial charge in [-0.25, -0.2) is 4.79 Å². The Morgan fingerprint density at radius 3 is 2.52 bits per heavy atom. The molecule has 10 heteroatoms. The lowest BCUT2D eigenvalue weighted by molar-refractivity contribution is -0.115. The molecular formula is C21H22N4O4S2. The van der Waals surface area contributed by atoms with E-state index in [1.165, 1.54) is 23.1 Å². The van der Waals surface area contributed by atoms with Crippen molar-refractivity contribution in [1.82, 2.24) is 10.2 Å². The molecule has 0 fully saturated rings. The molecule has 2 N–H and O–H groups in total. The topological polar surface area (TPSA) is 102 Å². The summed E-state index contributed by atoms with van der Waals surface area (Å²) in [5.74, 6) is 0.554. The zero-order valence-electron chi connectivity index (χ0n) is 17.0. The highest BCUT2D eigenvalue weighted by Gasteiger charge is 2.18. The zero-order chi connectivity index (χ0) is 22.1. The predicted octanol–water partition coefficient (Wildman–Crippen LogP) is 4.80. The van der Waals surface area contributed by atoms with Gasteiger partial charge in [-0.3, -0.25) is 10.1 Å². The first-order valence-electron chi connectivity index (χ1n) is 9.55. The number of carbonyl (C=O) groups excluding carboxylic acids is 2. The summed E-state index contributed by atoms with van der Waals surface area (Å²) >= 11 is 2.43. The number of hydrogen-bond acceptors (Lipinski definition) is 8. The van der Waals surface area contributed by atoms with Crippen molar-refractivity contribution < 1.29 is 19.1 Å². The maximum atomic E-state index is 12.5. The first-order chi connectivity index (χ1) is 15.0. The number of amides is 2. The number of hydrogen-bond donors (Lipinski definition) is 2. The summed E-state index contributed by atoms with van der Waals surface area (Å²) in [6.07, 6.45) is -0.586. The van der Waals surface area contributed by atoms with E-state index in [2.05, 4.69) is 20.8 Å². The number of nitrogens with zero attached hydrogens (tertiary/aromatic N) is 2. The SMILES string of the molecule is CCOC(=O)Nc1nnc(SC(C)C(=O)Nc2ccc(OCc3ccccc3)cc2)s1. The van der Waals surface area contributed by atoms with Gasteiger partial charge in [0.05, 0.1) is 11.9 Å². The second-order valence-corrected chi connectivity index (χ2v) is 8.83. The Labute approximate surface area is 188 Å². The molecule has 0 spiro atoms. The van der Waals surface area contributed by atoms with Crippen molar-refractivity contribution in [1.29, 1.82) is 0 Å². The van der Waals surface area contributed by atoms with Gasteiger partial charge in [0, 0.05) is 5.69 Å². The van der Waals surface area contributed by atoms with Gasteiger partial charge in [0.1, 0.15) is 12.4 Å². The Hall–Kier alpha value is -3.11. The van der Waals surface area contributed by atoms with Crippen molar-refractivity contribution in [2.45, 2.75) is 30.0 Å². The van der Waals surface area contributed by atoms with Gasteiger partial charge < -0.3 is 14.8 Å². The van der Waals surface area contributed by atoms with E-state index in [4.69, 9.17) is 9.47 Å². The van der Waals surface area contributed by atoms with E-state index in [1.807, 2.05) is 42.5 Å². The molecule has 8 nitrogen and oxygen atoms in total. The van der Waals surface area contributed by atoms with Crippen LogP contribution in [0.3, 0.4) is 0 Å². The number of carbonyl (C=O) groups is 2. The Balaban J connectivity index is 1.47. The fraction of sp³-hybridized carbons (Fsp3) is 0.238. The zero-order valence-corrected chi connectivity index (χ0v) is 18.7. The number of anilines is 2. The minimum atomic E-state index is -0.586. The van der Waals surface area contributed by atoms with E-state index < -0.39 is 11.3 Å². The highest BCUT2D eigenvalue weighted by atomic mass is 32.2. The summed E-state index contributed by atoms with van der Waals surface area (Å²) in [6, 6.07) is 17.1. The number of aromatic nitrogens is 2. The summed E-state index contributed by atoms with van der Waals surface area (Å²) in [5, 5.41) is 13.1. The molecular weight excluding hydrogens is 436 g/mol. The van der Waals surface area contributed by atoms with Crippen molar-refractivity contribution in [3.05, 3.63) is 60.2 Å². The maximum Gasteiger partial charge on any atom is 0.413 e. The van der Waals surface area contributed by atoms with Crippen LogP contribution in [-0.4, -0.2) is 34.1 Å². The molecule has 2 amide bonds. The van der Waals surface area contributed by atoms with E-state index in [1.54, 1.807) is 26.0 Å². The smallest absolute Gasteiger partial charge is 0.413 e. The van der Waals surface area contributed by atoms with Crippen LogP contribution in [0.5, 0.6) is 5.75 Å². The molecule has 2 aromatic carbocycles. The number of ether oxygens (including phenoxy) is 2. The van der Waals surface area contributed by atoms with Gasteiger partial charge in [0.2, 0.25) is 11.0 Å². The Bertz CT molecular complexity index is 996. The third-order valence-electron chi connectivity index (χ3n) is 3.91. The molecule has 0 aliphatic carbocycles. The molecule has 31 heavy (non-hydrogen) atoms. The number of nitrogens with one attached hydrogen (secondary N) is 2. The Kier molecular flexibility index (Phi) is 8.25. The number of rotatable bonds is 9. The van der Waals surface area contributed by atoms with Crippen LogP contribution >= 0.6 is 23.1 Å². The van der Waals surface area contributed by atoms with Crippen molar-refractivity contribution in [3.8, 4) is 5.75 Å². The van der Waals surface area contributed by atoms with Crippen LogP contribution in [0.25, 0.3) is 0 Å². The molecule has 1 heterocycles. The third kappa shape index (κ3) is 7.26. The monoisotopic (exact) mass is 458 g/mol. The van der Waals surface area contributed by atoms with Gasteiger partial charge in [-0.2, -0.15) is 0 Å². The molecule has 1 unspecified atom stereocenters. The molecule has 0 saturated carbocycles. The minimum Gasteiger partial charge on any atom is -0.489 e. The highest BCUT2D eigenvalue weighted by molar-refractivity contribution is 8.02. The third-order valence-corrected chi connectivity index (χ3v) is 5.93. The van der Waals surface area contributed by atoms with E-state index >= 15 is 0 Å². The van der Waals surface area contributed by atoms with E-state index in [9.17, 15) is 9.59 Å². The van der Waals surface area contributed by atoms with Crippen LogP contribution < -0.4 is 15.4 Å². The molecule has 0 bridgehead atoms. The van der Waals surface area contributed by atoms with Crippen LogP contribution in [0.1, 0.15) is 19.4 Å². The second kappa shape index (κ2) is 11.3. The molecule has 3 aromatic rings. The van der Waals surface area contributed by atoms with Gasteiger partial charge in [-0.1, -0.05) is 53.4 Å². The lowest BCUT2D eigenvalue weighted by Gasteiger charge is -2.11. The van der Waals surface area contributed by atoms with Crippen LogP contribution in [0, 0.1) is 0 Å². The normalized spacial score (nSPS) is 11.4. The summed E-state index contributed by atoms with van der Waals surface area (Å²) in [5.41, 5.74) is 1.76. The fourth-order valence-corrected chi connectivity index (χ4v) is 4.27. The quantitative estimate of drug-likeness (QED) is 0.350. The highest BCUT2D eigenvalue weighted by Crippen LogP contribution is 2.29. The summed E-state index contributed by atoms with van der Waals surface area (Å²) < 4.78 is 11.1. The largest absolute Gasteiger partial charge is 0.489 e. The molecule has 0 saturated heterocycles. The van der Waals surface area contributed by atoms with Crippen molar-refractivity contribution in [2.75, 3.05) is 17.2 Å². The molecule has 162 valence electrons. The van der Waals surface area contributed by atoms with Gasteiger partial charge in [0.25, 0.3) is 0 Å². The van der Waals surface area contributed by atoms with Crippen LogP contribution in [0.2, 0.25) is 0 Å². The number of benzene rings is 2. The minimum absolute atomic E-state index is 0.168. The van der Waals surface area contributed by atoms with E-state index in [-0.39, 0.29) is 12.5 Å². The Morgan fingerprint density at radius 2 is 1.81 bits per heavy atom. The standard InChI is InChI=1S/C21H22N4O4S2/c1-3-28-20(27)23-19-24-25-21(31-19)30-14(2)18(26)22-16-9-11-17(12-10-16)29-13-15-7-5-4-6-8-15/h4-12,14H,3,13H2,1-2H3,(H,22,26)(H,23,24,27). The molecule has 3 rings (SSSR count). The van der Waals surface area contributed by atoms with Crippen LogP contribution in [0.15, 0.2) is 58.9 Å². The lowest BCUT2D eigenvalue weighted by Crippen LogP contribution is -2.22. The second-order valence-electron chi connectivity index (χ2n) is 6.27. The van der Waals surface area contributed by atoms with Crippen LogP contribution in [0.4, 0.5) is 15.6 Å². The molecule has 1 aromatic heterocycles. The summed E-state index contributed by atoms with van der Waals surface area (Å²) in [4.78, 5) is 23.9. The lowest BCUT2D eigenvalue weighted by atomic mass is 10.2. The summed E-state index contributed by atoms with van der Waals surface area (Å²) in [6.45, 7) is 4.24. The van der Waals surface area contributed by atoms with Gasteiger partial charge in [-0.15, -0.1) is 10.2 Å².